The molecule has 0 spiro atoms. The largest absolute Gasteiger partial charge is 0.504 e. The molecule has 1 saturated carbocycles. The predicted octanol–water partition coefficient (Wildman–Crippen LogP) is 3.23. The number of alkyl halides is 3. The molecule has 106 valence electrons. The van der Waals surface area contributed by atoms with Crippen molar-refractivity contribution in [2.24, 2.45) is 5.73 Å². The second-order valence-electron chi connectivity index (χ2n) is 5.07. The zero-order valence-electron chi connectivity index (χ0n) is 10.3. The SMILES string of the molecule is NC1(c2c(C(F)(F)F)ccc(O)c2O)CCCCC1. The molecular formula is C13H16F3NO2. The summed E-state index contributed by atoms with van der Waals surface area (Å²) in [5, 5.41) is 19.3. The summed E-state index contributed by atoms with van der Waals surface area (Å²) in [5.74, 6) is -1.32. The van der Waals surface area contributed by atoms with E-state index in [-0.39, 0.29) is 5.56 Å². The summed E-state index contributed by atoms with van der Waals surface area (Å²) in [7, 11) is 0. The molecule has 1 aliphatic carbocycles. The van der Waals surface area contributed by atoms with Gasteiger partial charge in [0.15, 0.2) is 11.5 Å². The van der Waals surface area contributed by atoms with Gasteiger partial charge in [-0.05, 0) is 25.0 Å². The molecule has 0 heterocycles. The molecule has 1 fully saturated rings. The van der Waals surface area contributed by atoms with Gasteiger partial charge in [0, 0.05) is 11.1 Å². The molecule has 19 heavy (non-hydrogen) atoms. The van der Waals surface area contributed by atoms with Gasteiger partial charge in [-0.25, -0.2) is 0 Å². The quantitative estimate of drug-likeness (QED) is 0.689. The summed E-state index contributed by atoms with van der Waals surface area (Å²) in [6, 6.07) is 1.61. The predicted molar refractivity (Wildman–Crippen MR) is 63.7 cm³/mol. The molecule has 1 aliphatic rings. The van der Waals surface area contributed by atoms with E-state index in [1.54, 1.807) is 0 Å². The number of benzene rings is 1. The van der Waals surface area contributed by atoms with Gasteiger partial charge in [0.25, 0.3) is 0 Å². The number of aromatic hydroxyl groups is 2. The van der Waals surface area contributed by atoms with Crippen LogP contribution in [0.5, 0.6) is 11.5 Å². The number of nitrogens with two attached hydrogens (primary N) is 1. The third kappa shape index (κ3) is 2.49. The zero-order valence-corrected chi connectivity index (χ0v) is 10.3. The van der Waals surface area contributed by atoms with Crippen LogP contribution in [0.3, 0.4) is 0 Å². The smallest absolute Gasteiger partial charge is 0.416 e. The third-order valence-electron chi connectivity index (χ3n) is 3.71. The summed E-state index contributed by atoms with van der Waals surface area (Å²) < 4.78 is 39.1. The fraction of sp³-hybridized carbons (Fsp3) is 0.538. The first-order valence-corrected chi connectivity index (χ1v) is 6.17. The monoisotopic (exact) mass is 275 g/mol. The highest BCUT2D eigenvalue weighted by molar-refractivity contribution is 5.53. The minimum atomic E-state index is -4.61. The van der Waals surface area contributed by atoms with Crippen molar-refractivity contribution in [3.05, 3.63) is 23.3 Å². The van der Waals surface area contributed by atoms with Crippen LogP contribution in [0.15, 0.2) is 12.1 Å². The summed E-state index contributed by atoms with van der Waals surface area (Å²) >= 11 is 0. The maximum atomic E-state index is 13.0. The van der Waals surface area contributed by atoms with Crippen molar-refractivity contribution in [3.63, 3.8) is 0 Å². The van der Waals surface area contributed by atoms with Crippen LogP contribution >= 0.6 is 0 Å². The highest BCUT2D eigenvalue weighted by atomic mass is 19.4. The lowest BCUT2D eigenvalue weighted by Gasteiger charge is -2.36. The Morgan fingerprint density at radius 3 is 2.16 bits per heavy atom. The second kappa shape index (κ2) is 4.59. The molecule has 1 aromatic rings. The van der Waals surface area contributed by atoms with E-state index in [2.05, 4.69) is 0 Å². The first-order valence-electron chi connectivity index (χ1n) is 6.17. The Hall–Kier alpha value is -1.43. The highest BCUT2D eigenvalue weighted by Crippen LogP contribution is 2.48. The summed E-state index contributed by atoms with van der Waals surface area (Å²) in [4.78, 5) is 0. The first-order chi connectivity index (χ1) is 8.76. The van der Waals surface area contributed by atoms with Crippen molar-refractivity contribution in [2.75, 3.05) is 0 Å². The van der Waals surface area contributed by atoms with Gasteiger partial charge in [-0.15, -0.1) is 0 Å². The van der Waals surface area contributed by atoms with E-state index in [9.17, 15) is 23.4 Å². The van der Waals surface area contributed by atoms with Gasteiger partial charge >= 0.3 is 6.18 Å². The molecule has 1 aromatic carbocycles. The maximum absolute atomic E-state index is 13.0. The molecule has 0 aromatic heterocycles. The second-order valence-corrected chi connectivity index (χ2v) is 5.07. The molecule has 3 nitrogen and oxygen atoms in total. The van der Waals surface area contributed by atoms with Gasteiger partial charge in [-0.3, -0.25) is 0 Å². The Morgan fingerprint density at radius 1 is 1.05 bits per heavy atom. The standard InChI is InChI=1S/C13H16F3NO2/c14-13(15,16)8-4-5-9(18)11(19)10(8)12(17)6-2-1-3-7-12/h4-5,18-19H,1-3,6-7,17H2. The molecule has 0 bridgehead atoms. The van der Waals surface area contributed by atoms with Crippen LogP contribution in [0.4, 0.5) is 13.2 Å². The van der Waals surface area contributed by atoms with Gasteiger partial charge in [0.05, 0.1) is 5.56 Å². The molecular weight excluding hydrogens is 259 g/mol. The van der Waals surface area contributed by atoms with Crippen LogP contribution in [0.2, 0.25) is 0 Å². The minimum absolute atomic E-state index is 0.368. The Kier molecular flexibility index (Phi) is 3.38. The Bertz CT molecular complexity index is 480. The van der Waals surface area contributed by atoms with Gasteiger partial charge < -0.3 is 15.9 Å². The van der Waals surface area contributed by atoms with E-state index in [4.69, 9.17) is 5.73 Å². The molecule has 0 amide bonds. The van der Waals surface area contributed by atoms with Gasteiger partial charge in [0.2, 0.25) is 0 Å². The number of phenolic OH excluding ortho intramolecular Hbond substituents is 2. The molecule has 0 aliphatic heterocycles. The van der Waals surface area contributed by atoms with Gasteiger partial charge in [-0.1, -0.05) is 19.3 Å². The average molecular weight is 275 g/mol. The number of rotatable bonds is 1. The summed E-state index contributed by atoms with van der Waals surface area (Å²) in [6.45, 7) is 0. The molecule has 4 N–H and O–H groups in total. The van der Waals surface area contributed by atoms with E-state index in [0.717, 1.165) is 18.6 Å². The Balaban J connectivity index is 2.62. The Labute approximate surface area is 108 Å². The average Bonchev–Trinajstić information content (AvgIpc) is 2.31. The van der Waals surface area contributed by atoms with Crippen LogP contribution in [0.1, 0.15) is 43.2 Å². The van der Waals surface area contributed by atoms with Crippen LogP contribution < -0.4 is 5.73 Å². The lowest BCUT2D eigenvalue weighted by molar-refractivity contribution is -0.139. The van der Waals surface area contributed by atoms with Crippen molar-refractivity contribution in [1.82, 2.24) is 0 Å². The lowest BCUT2D eigenvalue weighted by atomic mass is 9.75. The normalized spacial score (nSPS) is 19.4. The van der Waals surface area contributed by atoms with Gasteiger partial charge in [-0.2, -0.15) is 13.2 Å². The summed E-state index contributed by atoms with van der Waals surface area (Å²) in [5.41, 5.74) is 3.51. The van der Waals surface area contributed by atoms with Crippen molar-refractivity contribution in [2.45, 2.75) is 43.8 Å². The van der Waals surface area contributed by atoms with Crippen molar-refractivity contribution in [1.29, 1.82) is 0 Å². The molecule has 0 atom stereocenters. The van der Waals surface area contributed by atoms with E-state index in [1.165, 1.54) is 0 Å². The van der Waals surface area contributed by atoms with E-state index < -0.39 is 28.8 Å². The number of hydrogen-bond acceptors (Lipinski definition) is 3. The van der Waals surface area contributed by atoms with Crippen molar-refractivity contribution >= 4 is 0 Å². The highest BCUT2D eigenvalue weighted by Gasteiger charge is 2.43. The van der Waals surface area contributed by atoms with Crippen LogP contribution in [-0.4, -0.2) is 10.2 Å². The van der Waals surface area contributed by atoms with Crippen molar-refractivity contribution in [3.8, 4) is 11.5 Å². The zero-order chi connectivity index (χ0) is 14.3. The Morgan fingerprint density at radius 2 is 1.63 bits per heavy atom. The molecule has 2 rings (SSSR count). The van der Waals surface area contributed by atoms with Crippen molar-refractivity contribution < 1.29 is 23.4 Å². The fourth-order valence-electron chi connectivity index (χ4n) is 2.75. The van der Waals surface area contributed by atoms with E-state index >= 15 is 0 Å². The molecule has 0 radical (unpaired) electrons. The third-order valence-corrected chi connectivity index (χ3v) is 3.71. The van der Waals surface area contributed by atoms with Crippen LogP contribution in [0, 0.1) is 0 Å². The molecule has 0 saturated heterocycles. The summed E-state index contributed by atoms with van der Waals surface area (Å²) in [6.07, 6.45) is -1.53. The lowest BCUT2D eigenvalue weighted by Crippen LogP contribution is -2.40. The van der Waals surface area contributed by atoms with Crippen LogP contribution in [-0.2, 0) is 11.7 Å². The maximum Gasteiger partial charge on any atom is 0.416 e. The molecule has 6 heteroatoms. The first kappa shape index (κ1) is 14.0. The number of phenols is 2. The topological polar surface area (TPSA) is 66.5 Å². The fourth-order valence-corrected chi connectivity index (χ4v) is 2.75. The van der Waals surface area contributed by atoms with E-state index in [1.807, 2.05) is 0 Å². The van der Waals surface area contributed by atoms with Crippen LogP contribution in [0.25, 0.3) is 0 Å². The number of halogens is 3. The van der Waals surface area contributed by atoms with Gasteiger partial charge in [0.1, 0.15) is 0 Å². The molecule has 0 unspecified atom stereocenters. The number of hydrogen-bond donors (Lipinski definition) is 3. The minimum Gasteiger partial charge on any atom is -0.504 e. The van der Waals surface area contributed by atoms with E-state index in [0.29, 0.717) is 25.7 Å².